The fraction of sp³-hybridized carbons (Fsp3) is 0.161. The Morgan fingerprint density at radius 1 is 0.811 bits per heavy atom. The van der Waals surface area contributed by atoms with E-state index in [1.807, 2.05) is 54.6 Å². The number of hydrogen-bond donors (Lipinski definition) is 2. The van der Waals surface area contributed by atoms with Crippen molar-refractivity contribution in [2.75, 3.05) is 20.8 Å². The van der Waals surface area contributed by atoms with E-state index in [1.165, 1.54) is 11.1 Å². The fourth-order valence-electron chi connectivity index (χ4n) is 4.45. The van der Waals surface area contributed by atoms with Gasteiger partial charge in [-0.25, -0.2) is 4.98 Å². The van der Waals surface area contributed by atoms with Crippen LogP contribution in [0.5, 0.6) is 11.5 Å². The molecule has 3 aromatic carbocycles. The van der Waals surface area contributed by atoms with Crippen LogP contribution >= 0.6 is 0 Å². The van der Waals surface area contributed by atoms with Gasteiger partial charge in [0.25, 0.3) is 5.56 Å². The molecule has 0 fully saturated rings. The molecule has 0 bridgehead atoms. The number of benzene rings is 3. The van der Waals surface area contributed by atoms with E-state index in [2.05, 4.69) is 40.6 Å². The van der Waals surface area contributed by atoms with E-state index in [1.54, 1.807) is 20.4 Å². The maximum absolute atomic E-state index is 12.4. The molecule has 0 aliphatic carbocycles. The molecule has 186 valence electrons. The Morgan fingerprint density at radius 2 is 1.57 bits per heavy atom. The number of ether oxygens (including phenoxy) is 2. The van der Waals surface area contributed by atoms with Gasteiger partial charge in [-0.1, -0.05) is 60.7 Å². The van der Waals surface area contributed by atoms with Crippen molar-refractivity contribution in [3.05, 3.63) is 113 Å². The minimum atomic E-state index is -0.136. The largest absolute Gasteiger partial charge is 0.493 e. The molecule has 0 unspecified atom stereocenters. The van der Waals surface area contributed by atoms with Crippen LogP contribution in [0.1, 0.15) is 11.1 Å². The van der Waals surface area contributed by atoms with Crippen LogP contribution in [0.2, 0.25) is 0 Å². The van der Waals surface area contributed by atoms with Crippen LogP contribution in [-0.2, 0) is 13.0 Å². The van der Waals surface area contributed by atoms with E-state index in [0.717, 1.165) is 53.4 Å². The molecule has 0 amide bonds. The van der Waals surface area contributed by atoms with Crippen molar-refractivity contribution in [2.45, 2.75) is 13.0 Å². The number of nitrogens with one attached hydrogen (secondary N) is 2. The summed E-state index contributed by atoms with van der Waals surface area (Å²) >= 11 is 0. The third-order valence-electron chi connectivity index (χ3n) is 6.43. The number of hydrogen-bond acceptors (Lipinski definition) is 5. The zero-order valence-electron chi connectivity index (χ0n) is 21.0. The fourth-order valence-corrected chi connectivity index (χ4v) is 4.45. The standard InChI is InChI=1S/C31H29N3O3/c1-36-28-13-10-21(18-29(28)37-2)14-16-32-20-22-8-11-24(12-9-22)30-25(23-6-4-3-5-7-23)19-26-27(34-30)15-17-33-31(26)35/h3-13,15,17-19,32H,14,16,20H2,1-2H3,(H,33,35). The third kappa shape index (κ3) is 5.39. The normalized spacial score (nSPS) is 11.0. The first-order chi connectivity index (χ1) is 18.2. The van der Waals surface area contributed by atoms with Crippen LogP contribution in [0.3, 0.4) is 0 Å². The van der Waals surface area contributed by atoms with Crippen molar-refractivity contribution in [1.82, 2.24) is 15.3 Å². The predicted molar refractivity (Wildman–Crippen MR) is 148 cm³/mol. The lowest BCUT2D eigenvalue weighted by Gasteiger charge is -2.12. The summed E-state index contributed by atoms with van der Waals surface area (Å²) in [6.45, 7) is 1.61. The number of aromatic nitrogens is 2. The number of aromatic amines is 1. The van der Waals surface area contributed by atoms with Gasteiger partial charge >= 0.3 is 0 Å². The van der Waals surface area contributed by atoms with Gasteiger partial charge in [-0.15, -0.1) is 0 Å². The van der Waals surface area contributed by atoms with Crippen molar-refractivity contribution in [1.29, 1.82) is 0 Å². The topological polar surface area (TPSA) is 76.2 Å². The molecule has 2 aromatic heterocycles. The Morgan fingerprint density at radius 3 is 2.32 bits per heavy atom. The van der Waals surface area contributed by atoms with E-state index in [0.29, 0.717) is 10.9 Å². The van der Waals surface area contributed by atoms with Crippen LogP contribution in [0.4, 0.5) is 0 Å². The summed E-state index contributed by atoms with van der Waals surface area (Å²) in [5, 5.41) is 4.10. The van der Waals surface area contributed by atoms with Gasteiger partial charge in [0.15, 0.2) is 11.5 Å². The lowest BCUT2D eigenvalue weighted by Crippen LogP contribution is -2.16. The van der Waals surface area contributed by atoms with E-state index in [-0.39, 0.29) is 5.56 Å². The van der Waals surface area contributed by atoms with Crippen molar-refractivity contribution in [3.8, 4) is 33.9 Å². The molecule has 0 atom stereocenters. The van der Waals surface area contributed by atoms with Gasteiger partial charge in [0.2, 0.25) is 0 Å². The summed E-state index contributed by atoms with van der Waals surface area (Å²) in [6.07, 6.45) is 2.53. The molecular formula is C31H29N3O3. The average molecular weight is 492 g/mol. The summed E-state index contributed by atoms with van der Waals surface area (Å²) in [6, 6.07) is 28.3. The van der Waals surface area contributed by atoms with E-state index >= 15 is 0 Å². The highest BCUT2D eigenvalue weighted by atomic mass is 16.5. The van der Waals surface area contributed by atoms with Gasteiger partial charge < -0.3 is 19.8 Å². The molecular weight excluding hydrogens is 462 g/mol. The van der Waals surface area contributed by atoms with Crippen LogP contribution in [0, 0.1) is 0 Å². The van der Waals surface area contributed by atoms with Crippen molar-refractivity contribution in [2.24, 2.45) is 0 Å². The van der Waals surface area contributed by atoms with Crippen molar-refractivity contribution >= 4 is 10.9 Å². The highest BCUT2D eigenvalue weighted by molar-refractivity contribution is 5.91. The van der Waals surface area contributed by atoms with Crippen molar-refractivity contribution < 1.29 is 9.47 Å². The minimum absolute atomic E-state index is 0.136. The van der Waals surface area contributed by atoms with Gasteiger partial charge in [-0.05, 0) is 53.9 Å². The van der Waals surface area contributed by atoms with Crippen molar-refractivity contribution in [3.63, 3.8) is 0 Å². The third-order valence-corrected chi connectivity index (χ3v) is 6.43. The molecule has 37 heavy (non-hydrogen) atoms. The molecule has 0 aliphatic heterocycles. The quantitative estimate of drug-likeness (QED) is 0.262. The van der Waals surface area contributed by atoms with Crippen LogP contribution < -0.4 is 20.3 Å². The maximum Gasteiger partial charge on any atom is 0.257 e. The monoisotopic (exact) mass is 491 g/mol. The molecule has 0 aliphatic rings. The number of methoxy groups -OCH3 is 2. The predicted octanol–water partition coefficient (Wildman–Crippen LogP) is 5.61. The summed E-state index contributed by atoms with van der Waals surface area (Å²) in [5.74, 6) is 1.49. The van der Waals surface area contributed by atoms with Crippen LogP contribution in [0.15, 0.2) is 95.9 Å². The van der Waals surface area contributed by atoms with Gasteiger partial charge in [-0.2, -0.15) is 0 Å². The van der Waals surface area contributed by atoms with E-state index < -0.39 is 0 Å². The minimum Gasteiger partial charge on any atom is -0.493 e. The lowest BCUT2D eigenvalue weighted by molar-refractivity contribution is 0.354. The van der Waals surface area contributed by atoms with Gasteiger partial charge in [-0.3, -0.25) is 4.79 Å². The number of fused-ring (bicyclic) bond motifs is 1. The Kier molecular flexibility index (Phi) is 7.28. The Labute approximate surface area is 215 Å². The molecule has 0 saturated carbocycles. The number of nitrogens with zero attached hydrogens (tertiary/aromatic N) is 1. The zero-order valence-corrected chi connectivity index (χ0v) is 21.0. The molecule has 5 aromatic rings. The van der Waals surface area contributed by atoms with Gasteiger partial charge in [0, 0.05) is 23.9 Å². The lowest BCUT2D eigenvalue weighted by atomic mass is 9.97. The highest BCUT2D eigenvalue weighted by Crippen LogP contribution is 2.32. The van der Waals surface area contributed by atoms with Gasteiger partial charge in [0.05, 0.1) is 30.8 Å². The molecule has 0 radical (unpaired) electrons. The first-order valence-electron chi connectivity index (χ1n) is 12.2. The smallest absolute Gasteiger partial charge is 0.257 e. The molecule has 0 spiro atoms. The first kappa shape index (κ1) is 24.3. The second-order valence-corrected chi connectivity index (χ2v) is 8.80. The second-order valence-electron chi connectivity index (χ2n) is 8.80. The van der Waals surface area contributed by atoms with Crippen LogP contribution in [-0.4, -0.2) is 30.7 Å². The van der Waals surface area contributed by atoms with Crippen LogP contribution in [0.25, 0.3) is 33.3 Å². The number of pyridine rings is 2. The molecule has 2 heterocycles. The molecule has 6 heteroatoms. The Bertz CT molecular complexity index is 1560. The summed E-state index contributed by atoms with van der Waals surface area (Å²) in [7, 11) is 3.30. The summed E-state index contributed by atoms with van der Waals surface area (Å²) in [5.41, 5.74) is 6.75. The number of rotatable bonds is 9. The molecule has 6 nitrogen and oxygen atoms in total. The highest BCUT2D eigenvalue weighted by Gasteiger charge is 2.13. The first-order valence-corrected chi connectivity index (χ1v) is 12.2. The summed E-state index contributed by atoms with van der Waals surface area (Å²) < 4.78 is 10.7. The zero-order chi connectivity index (χ0) is 25.6. The average Bonchev–Trinajstić information content (AvgIpc) is 2.95. The maximum atomic E-state index is 12.4. The molecule has 5 rings (SSSR count). The molecule has 2 N–H and O–H groups in total. The second kappa shape index (κ2) is 11.1. The number of H-pyrrole nitrogens is 1. The molecule has 0 saturated heterocycles. The van der Waals surface area contributed by atoms with E-state index in [9.17, 15) is 4.79 Å². The Balaban J connectivity index is 1.32. The van der Waals surface area contributed by atoms with E-state index in [4.69, 9.17) is 14.5 Å². The van der Waals surface area contributed by atoms with Gasteiger partial charge in [0.1, 0.15) is 0 Å². The SMILES string of the molecule is COc1ccc(CCNCc2ccc(-c3nc4cc[nH]c(=O)c4cc3-c3ccccc3)cc2)cc1OC. The summed E-state index contributed by atoms with van der Waals surface area (Å²) in [4.78, 5) is 20.1. The Hall–Kier alpha value is -4.42.